The molecular weight excluding hydrogens is 179 g/mol. The van der Waals surface area contributed by atoms with Gasteiger partial charge in [-0.3, -0.25) is 0 Å². The molecule has 0 aliphatic rings. The molecule has 1 nitrogen and oxygen atoms in total. The number of hydrogen-bond acceptors (Lipinski definition) is 1. The average Bonchev–Trinajstić information content (AvgIpc) is 1.82. The largest absolute Gasteiger partial charge is 0.389 e. The minimum Gasteiger partial charge on any atom is -0.316 e. The molecule has 4 heteroatoms. The Kier molecular flexibility index (Phi) is 4.23. The SMILES string of the molecule is CNC(CCC(F)(F)F)C(C)(C)C. The molecule has 0 heterocycles. The molecule has 0 aromatic rings. The second kappa shape index (κ2) is 4.31. The van der Waals surface area contributed by atoms with Gasteiger partial charge in [0.05, 0.1) is 0 Å². The van der Waals surface area contributed by atoms with E-state index in [1.54, 1.807) is 7.05 Å². The standard InChI is InChI=1S/C9H18F3N/c1-8(2,3)7(13-4)5-6-9(10,11)12/h7,13H,5-6H2,1-4H3. The number of rotatable bonds is 3. The van der Waals surface area contributed by atoms with Crippen molar-refractivity contribution in [3.8, 4) is 0 Å². The second-order valence-corrected chi connectivity index (χ2v) is 4.36. The summed E-state index contributed by atoms with van der Waals surface area (Å²) in [5.74, 6) is 0. The van der Waals surface area contributed by atoms with Crippen LogP contribution in [0, 0.1) is 5.41 Å². The van der Waals surface area contributed by atoms with E-state index in [1.807, 2.05) is 20.8 Å². The van der Waals surface area contributed by atoms with Gasteiger partial charge < -0.3 is 5.32 Å². The Hall–Kier alpha value is -0.250. The molecule has 1 atom stereocenters. The lowest BCUT2D eigenvalue weighted by Crippen LogP contribution is -2.38. The van der Waals surface area contributed by atoms with Gasteiger partial charge in [-0.15, -0.1) is 0 Å². The van der Waals surface area contributed by atoms with E-state index in [1.165, 1.54) is 0 Å². The first-order valence-corrected chi connectivity index (χ1v) is 4.41. The van der Waals surface area contributed by atoms with Crippen molar-refractivity contribution in [1.82, 2.24) is 5.32 Å². The van der Waals surface area contributed by atoms with E-state index in [-0.39, 0.29) is 17.9 Å². The molecule has 0 aromatic carbocycles. The van der Waals surface area contributed by atoms with Crippen LogP contribution in [0.4, 0.5) is 13.2 Å². The van der Waals surface area contributed by atoms with Crippen LogP contribution in [0.1, 0.15) is 33.6 Å². The van der Waals surface area contributed by atoms with Gasteiger partial charge in [0, 0.05) is 12.5 Å². The Bertz CT molecular complexity index is 146. The van der Waals surface area contributed by atoms with Crippen molar-refractivity contribution in [2.45, 2.75) is 45.8 Å². The van der Waals surface area contributed by atoms with Crippen molar-refractivity contribution in [2.24, 2.45) is 5.41 Å². The number of alkyl halides is 3. The van der Waals surface area contributed by atoms with E-state index >= 15 is 0 Å². The molecular formula is C9H18F3N. The molecule has 13 heavy (non-hydrogen) atoms. The Morgan fingerprint density at radius 3 is 1.85 bits per heavy atom. The van der Waals surface area contributed by atoms with Crippen molar-refractivity contribution in [3.05, 3.63) is 0 Å². The Labute approximate surface area is 77.7 Å². The lowest BCUT2D eigenvalue weighted by atomic mass is 9.84. The van der Waals surface area contributed by atoms with Crippen molar-refractivity contribution in [1.29, 1.82) is 0 Å². The maximum Gasteiger partial charge on any atom is 0.389 e. The van der Waals surface area contributed by atoms with Gasteiger partial charge >= 0.3 is 6.18 Å². The quantitative estimate of drug-likeness (QED) is 0.733. The van der Waals surface area contributed by atoms with E-state index < -0.39 is 12.6 Å². The molecule has 0 bridgehead atoms. The van der Waals surface area contributed by atoms with E-state index in [0.717, 1.165) is 0 Å². The fourth-order valence-corrected chi connectivity index (χ4v) is 1.32. The highest BCUT2D eigenvalue weighted by Crippen LogP contribution is 2.28. The zero-order valence-electron chi connectivity index (χ0n) is 8.63. The first kappa shape index (κ1) is 12.8. The Balaban J connectivity index is 4.02. The van der Waals surface area contributed by atoms with Crippen LogP contribution in [0.5, 0.6) is 0 Å². The van der Waals surface area contributed by atoms with Crippen LogP contribution in [0.15, 0.2) is 0 Å². The van der Waals surface area contributed by atoms with E-state index in [0.29, 0.717) is 0 Å². The molecule has 1 N–H and O–H groups in total. The lowest BCUT2D eigenvalue weighted by molar-refractivity contribution is -0.137. The summed E-state index contributed by atoms with van der Waals surface area (Å²) in [5, 5.41) is 2.91. The van der Waals surface area contributed by atoms with E-state index in [9.17, 15) is 13.2 Å². The van der Waals surface area contributed by atoms with Gasteiger partial charge in [0.2, 0.25) is 0 Å². The molecule has 0 aromatic heterocycles. The van der Waals surface area contributed by atoms with Gasteiger partial charge in [0.25, 0.3) is 0 Å². The zero-order chi connectivity index (χ0) is 10.7. The highest BCUT2D eigenvalue weighted by molar-refractivity contribution is 4.79. The molecule has 0 spiro atoms. The summed E-state index contributed by atoms with van der Waals surface area (Å²) >= 11 is 0. The van der Waals surface area contributed by atoms with Crippen LogP contribution < -0.4 is 5.32 Å². The zero-order valence-corrected chi connectivity index (χ0v) is 8.63. The normalized spacial score (nSPS) is 15.9. The fraction of sp³-hybridized carbons (Fsp3) is 1.00. The highest BCUT2D eigenvalue weighted by atomic mass is 19.4. The third-order valence-corrected chi connectivity index (χ3v) is 2.11. The molecule has 0 aliphatic heterocycles. The molecule has 0 rings (SSSR count). The lowest BCUT2D eigenvalue weighted by Gasteiger charge is -2.30. The predicted molar refractivity (Wildman–Crippen MR) is 47.6 cm³/mol. The maximum atomic E-state index is 11.9. The van der Waals surface area contributed by atoms with Crippen LogP contribution in [0.2, 0.25) is 0 Å². The number of hydrogen-bond donors (Lipinski definition) is 1. The Morgan fingerprint density at radius 2 is 1.62 bits per heavy atom. The minimum atomic E-state index is -4.04. The first-order valence-electron chi connectivity index (χ1n) is 4.41. The third kappa shape index (κ3) is 5.91. The molecule has 80 valence electrons. The minimum absolute atomic E-state index is 0.0888. The van der Waals surface area contributed by atoms with E-state index in [2.05, 4.69) is 5.32 Å². The van der Waals surface area contributed by atoms with Crippen LogP contribution in [0.3, 0.4) is 0 Å². The molecule has 0 saturated heterocycles. The summed E-state index contributed by atoms with van der Waals surface area (Å²) in [6.45, 7) is 5.81. The monoisotopic (exact) mass is 197 g/mol. The van der Waals surface area contributed by atoms with Gasteiger partial charge in [-0.2, -0.15) is 13.2 Å². The smallest absolute Gasteiger partial charge is 0.316 e. The summed E-state index contributed by atoms with van der Waals surface area (Å²) in [6, 6.07) is -0.0888. The molecule has 0 amide bonds. The Morgan fingerprint density at radius 1 is 1.15 bits per heavy atom. The number of nitrogens with one attached hydrogen (secondary N) is 1. The van der Waals surface area contributed by atoms with Crippen molar-refractivity contribution >= 4 is 0 Å². The first-order chi connectivity index (χ1) is 5.67. The van der Waals surface area contributed by atoms with Crippen LogP contribution in [0.25, 0.3) is 0 Å². The number of halogens is 3. The van der Waals surface area contributed by atoms with Crippen LogP contribution >= 0.6 is 0 Å². The molecule has 0 aliphatic carbocycles. The van der Waals surface area contributed by atoms with Crippen LogP contribution in [-0.4, -0.2) is 19.3 Å². The average molecular weight is 197 g/mol. The van der Waals surface area contributed by atoms with E-state index in [4.69, 9.17) is 0 Å². The highest BCUT2D eigenvalue weighted by Gasteiger charge is 2.31. The predicted octanol–water partition coefficient (Wildman–Crippen LogP) is 2.96. The maximum absolute atomic E-state index is 11.9. The summed E-state index contributed by atoms with van der Waals surface area (Å²) in [4.78, 5) is 0. The van der Waals surface area contributed by atoms with Gasteiger partial charge in [-0.1, -0.05) is 20.8 Å². The van der Waals surface area contributed by atoms with Gasteiger partial charge in [0.1, 0.15) is 0 Å². The topological polar surface area (TPSA) is 12.0 Å². The van der Waals surface area contributed by atoms with Gasteiger partial charge in [-0.25, -0.2) is 0 Å². The third-order valence-electron chi connectivity index (χ3n) is 2.11. The van der Waals surface area contributed by atoms with Crippen molar-refractivity contribution < 1.29 is 13.2 Å². The molecule has 0 radical (unpaired) electrons. The van der Waals surface area contributed by atoms with Crippen molar-refractivity contribution in [2.75, 3.05) is 7.05 Å². The molecule has 0 fully saturated rings. The molecule has 0 saturated carbocycles. The summed E-state index contributed by atoms with van der Waals surface area (Å²) in [6.07, 6.45) is -4.61. The summed E-state index contributed by atoms with van der Waals surface area (Å²) in [7, 11) is 1.70. The van der Waals surface area contributed by atoms with Crippen LogP contribution in [-0.2, 0) is 0 Å². The second-order valence-electron chi connectivity index (χ2n) is 4.36. The molecule has 1 unspecified atom stereocenters. The fourth-order valence-electron chi connectivity index (χ4n) is 1.32. The van der Waals surface area contributed by atoms with Crippen molar-refractivity contribution in [3.63, 3.8) is 0 Å². The van der Waals surface area contributed by atoms with Gasteiger partial charge in [-0.05, 0) is 18.9 Å². The summed E-state index contributed by atoms with van der Waals surface area (Å²) in [5.41, 5.74) is -0.125. The summed E-state index contributed by atoms with van der Waals surface area (Å²) < 4.78 is 35.7. The van der Waals surface area contributed by atoms with Gasteiger partial charge in [0.15, 0.2) is 0 Å².